The van der Waals surface area contributed by atoms with Crippen molar-refractivity contribution in [2.75, 3.05) is 31.6 Å². The largest absolute Gasteiger partial charge is 0.497 e. The molecule has 1 aromatic rings. The lowest BCUT2D eigenvalue weighted by Crippen LogP contribution is -2.54. The zero-order valence-electron chi connectivity index (χ0n) is 18.7. The minimum absolute atomic E-state index is 0.0842. The highest BCUT2D eigenvalue weighted by Gasteiger charge is 2.38. The van der Waals surface area contributed by atoms with Crippen LogP contribution in [0, 0.1) is 17.8 Å². The first kappa shape index (κ1) is 23.6. The Balaban J connectivity index is 1.61. The normalized spacial score (nSPS) is 20.4. The fourth-order valence-corrected chi connectivity index (χ4v) is 4.22. The number of carboxylic acid groups (broad SMARTS) is 1. The van der Waals surface area contributed by atoms with Crippen LogP contribution in [0.3, 0.4) is 0 Å². The van der Waals surface area contributed by atoms with E-state index in [1.165, 1.54) is 0 Å². The zero-order valence-corrected chi connectivity index (χ0v) is 18.7. The molecule has 2 heterocycles. The summed E-state index contributed by atoms with van der Waals surface area (Å²) in [5, 5.41) is 12.0. The SMILES string of the molecule is COc1ccc(N2CC(C(=O)N[C@@H](C(=O)N3CCC(C(=O)O)CC3)C(C)C)CC2=O)cc1. The third-order valence-electron chi connectivity index (χ3n) is 6.27. The molecular formula is C23H31N3O6. The molecule has 9 heteroatoms. The van der Waals surface area contributed by atoms with Gasteiger partial charge in [0.25, 0.3) is 0 Å². The number of carbonyl (C=O) groups is 4. The van der Waals surface area contributed by atoms with Crippen LogP contribution in [0.5, 0.6) is 5.75 Å². The second kappa shape index (κ2) is 10.0. The molecule has 0 saturated carbocycles. The molecule has 0 spiro atoms. The molecule has 2 atom stereocenters. The summed E-state index contributed by atoms with van der Waals surface area (Å²) in [6, 6.07) is 6.36. The van der Waals surface area contributed by atoms with Crippen LogP contribution in [0.2, 0.25) is 0 Å². The summed E-state index contributed by atoms with van der Waals surface area (Å²) in [5.74, 6) is -1.93. The fourth-order valence-electron chi connectivity index (χ4n) is 4.22. The van der Waals surface area contributed by atoms with Gasteiger partial charge in [-0.2, -0.15) is 0 Å². The van der Waals surface area contributed by atoms with E-state index in [4.69, 9.17) is 9.84 Å². The van der Waals surface area contributed by atoms with Crippen LogP contribution in [0.4, 0.5) is 5.69 Å². The van der Waals surface area contributed by atoms with E-state index in [9.17, 15) is 19.2 Å². The third-order valence-corrected chi connectivity index (χ3v) is 6.27. The Morgan fingerprint density at radius 1 is 1.09 bits per heavy atom. The van der Waals surface area contributed by atoms with E-state index in [1.807, 2.05) is 13.8 Å². The van der Waals surface area contributed by atoms with Gasteiger partial charge in [0.1, 0.15) is 11.8 Å². The third kappa shape index (κ3) is 5.20. The van der Waals surface area contributed by atoms with Crippen LogP contribution in [-0.4, -0.2) is 66.5 Å². The molecule has 9 nitrogen and oxygen atoms in total. The van der Waals surface area contributed by atoms with Crippen LogP contribution >= 0.6 is 0 Å². The lowest BCUT2D eigenvalue weighted by molar-refractivity contribution is -0.146. The van der Waals surface area contributed by atoms with Crippen LogP contribution in [0.1, 0.15) is 33.1 Å². The smallest absolute Gasteiger partial charge is 0.306 e. The molecule has 0 aliphatic carbocycles. The molecule has 2 aliphatic heterocycles. The summed E-state index contributed by atoms with van der Waals surface area (Å²) in [4.78, 5) is 52.9. The number of amides is 3. The van der Waals surface area contributed by atoms with Gasteiger partial charge >= 0.3 is 5.97 Å². The van der Waals surface area contributed by atoms with Crippen molar-refractivity contribution in [1.29, 1.82) is 0 Å². The summed E-state index contributed by atoms with van der Waals surface area (Å²) in [5.41, 5.74) is 0.698. The van der Waals surface area contributed by atoms with Crippen molar-refractivity contribution in [3.05, 3.63) is 24.3 Å². The van der Waals surface area contributed by atoms with Gasteiger partial charge in [0.2, 0.25) is 17.7 Å². The number of hydrogen-bond donors (Lipinski definition) is 2. The number of piperidine rings is 1. The maximum atomic E-state index is 13.1. The number of aliphatic carboxylic acids is 1. The van der Waals surface area contributed by atoms with E-state index in [-0.39, 0.29) is 36.6 Å². The number of likely N-dealkylation sites (tertiary alicyclic amines) is 1. The highest BCUT2D eigenvalue weighted by atomic mass is 16.5. The lowest BCUT2D eigenvalue weighted by atomic mass is 9.95. The Morgan fingerprint density at radius 3 is 2.25 bits per heavy atom. The molecule has 32 heavy (non-hydrogen) atoms. The Bertz CT molecular complexity index is 861. The van der Waals surface area contributed by atoms with Crippen molar-refractivity contribution in [3.63, 3.8) is 0 Å². The van der Waals surface area contributed by atoms with Crippen LogP contribution in [0.15, 0.2) is 24.3 Å². The summed E-state index contributed by atoms with van der Waals surface area (Å²) in [6.07, 6.45) is 0.905. The topological polar surface area (TPSA) is 116 Å². The first-order valence-electron chi connectivity index (χ1n) is 11.0. The Morgan fingerprint density at radius 2 is 1.72 bits per heavy atom. The second-order valence-electron chi connectivity index (χ2n) is 8.77. The van der Waals surface area contributed by atoms with E-state index in [0.717, 1.165) is 0 Å². The zero-order chi connectivity index (χ0) is 23.4. The molecule has 2 aliphatic rings. The molecule has 2 fully saturated rings. The van der Waals surface area contributed by atoms with Crippen molar-refractivity contribution >= 4 is 29.4 Å². The van der Waals surface area contributed by atoms with Gasteiger partial charge in [0.05, 0.1) is 18.9 Å². The van der Waals surface area contributed by atoms with E-state index in [1.54, 1.807) is 41.2 Å². The number of anilines is 1. The first-order chi connectivity index (χ1) is 15.2. The van der Waals surface area contributed by atoms with Crippen LogP contribution in [0.25, 0.3) is 0 Å². The van der Waals surface area contributed by atoms with E-state index in [2.05, 4.69) is 5.32 Å². The molecule has 2 saturated heterocycles. The summed E-state index contributed by atoms with van der Waals surface area (Å²) in [7, 11) is 1.57. The highest BCUT2D eigenvalue weighted by Crippen LogP contribution is 2.27. The Kier molecular flexibility index (Phi) is 7.37. The highest BCUT2D eigenvalue weighted by molar-refractivity contribution is 6.01. The van der Waals surface area contributed by atoms with Crippen molar-refractivity contribution in [2.45, 2.75) is 39.2 Å². The van der Waals surface area contributed by atoms with Gasteiger partial charge in [-0.05, 0) is 43.0 Å². The van der Waals surface area contributed by atoms with Crippen molar-refractivity contribution < 1.29 is 29.0 Å². The molecule has 0 aromatic heterocycles. The van der Waals surface area contributed by atoms with Gasteiger partial charge in [0.15, 0.2) is 0 Å². The molecule has 0 bridgehead atoms. The van der Waals surface area contributed by atoms with Crippen molar-refractivity contribution in [1.82, 2.24) is 10.2 Å². The molecule has 0 radical (unpaired) electrons. The van der Waals surface area contributed by atoms with Gasteiger partial charge in [-0.15, -0.1) is 0 Å². The Labute approximate surface area is 187 Å². The van der Waals surface area contributed by atoms with Gasteiger partial charge < -0.3 is 25.0 Å². The van der Waals surface area contributed by atoms with Gasteiger partial charge in [-0.3, -0.25) is 19.2 Å². The molecule has 174 valence electrons. The number of benzene rings is 1. The second-order valence-corrected chi connectivity index (χ2v) is 8.77. The number of hydrogen-bond acceptors (Lipinski definition) is 5. The van der Waals surface area contributed by atoms with Gasteiger partial charge in [-0.1, -0.05) is 13.8 Å². The molecule has 1 aromatic carbocycles. The maximum absolute atomic E-state index is 13.1. The molecule has 3 amide bonds. The van der Waals surface area contributed by atoms with Gasteiger partial charge in [0, 0.05) is 31.7 Å². The first-order valence-corrected chi connectivity index (χ1v) is 11.0. The van der Waals surface area contributed by atoms with E-state index in [0.29, 0.717) is 37.4 Å². The average Bonchev–Trinajstić information content (AvgIpc) is 3.18. The standard InChI is InChI=1S/C23H31N3O6/c1-14(2)20(22(29)25-10-8-15(9-11-25)23(30)31)24-21(28)16-12-19(27)26(13-16)17-4-6-18(32-3)7-5-17/h4-7,14-16,20H,8-13H2,1-3H3,(H,24,28)(H,30,31)/t16?,20-/m1/s1. The Hall–Kier alpha value is -3.10. The van der Waals surface area contributed by atoms with Crippen molar-refractivity contribution in [2.24, 2.45) is 17.8 Å². The predicted molar refractivity (Wildman–Crippen MR) is 117 cm³/mol. The van der Waals surface area contributed by atoms with Gasteiger partial charge in [-0.25, -0.2) is 0 Å². The van der Waals surface area contributed by atoms with E-state index >= 15 is 0 Å². The number of carboxylic acids is 1. The summed E-state index contributed by atoms with van der Waals surface area (Å²) >= 11 is 0. The molecule has 1 unspecified atom stereocenters. The maximum Gasteiger partial charge on any atom is 0.306 e. The van der Waals surface area contributed by atoms with Crippen LogP contribution in [-0.2, 0) is 19.2 Å². The molecule has 2 N–H and O–H groups in total. The number of nitrogens with one attached hydrogen (secondary N) is 1. The van der Waals surface area contributed by atoms with E-state index < -0.39 is 23.8 Å². The number of methoxy groups -OCH3 is 1. The summed E-state index contributed by atoms with van der Waals surface area (Å²) in [6.45, 7) is 4.69. The quantitative estimate of drug-likeness (QED) is 0.657. The monoisotopic (exact) mass is 445 g/mol. The number of rotatable bonds is 7. The lowest BCUT2D eigenvalue weighted by Gasteiger charge is -2.34. The van der Waals surface area contributed by atoms with Crippen LogP contribution < -0.4 is 15.0 Å². The minimum atomic E-state index is -0.835. The number of nitrogens with zero attached hydrogens (tertiary/aromatic N) is 2. The summed E-state index contributed by atoms with van der Waals surface area (Å²) < 4.78 is 5.14. The predicted octanol–water partition coefficient (Wildman–Crippen LogP) is 1.51. The number of ether oxygens (including phenoxy) is 1. The number of carbonyl (C=O) groups excluding carboxylic acids is 3. The average molecular weight is 446 g/mol. The molecule has 3 rings (SSSR count). The fraction of sp³-hybridized carbons (Fsp3) is 0.565. The van der Waals surface area contributed by atoms with Crippen molar-refractivity contribution in [3.8, 4) is 5.75 Å². The minimum Gasteiger partial charge on any atom is -0.497 e. The molecular weight excluding hydrogens is 414 g/mol.